The summed E-state index contributed by atoms with van der Waals surface area (Å²) in [7, 11) is 8.71. The molecule has 72 valence electrons. The Morgan fingerprint density at radius 3 is 2.46 bits per heavy atom. The van der Waals surface area contributed by atoms with Crippen molar-refractivity contribution in [2.24, 2.45) is 12.0 Å². The molecule has 0 N–H and O–H groups in total. The summed E-state index contributed by atoms with van der Waals surface area (Å²) in [6, 6.07) is 0. The quantitative estimate of drug-likeness (QED) is 0.516. The predicted molar refractivity (Wildman–Crippen MR) is 63.8 cm³/mol. The van der Waals surface area contributed by atoms with Crippen LogP contribution in [0, 0.1) is 3.95 Å². The molecule has 0 atom stereocenters. The van der Waals surface area contributed by atoms with E-state index in [1.807, 2.05) is 25.7 Å². The number of aromatic nitrogens is 1. The lowest BCUT2D eigenvalue weighted by molar-refractivity contribution is 0.625. The van der Waals surface area contributed by atoms with Crippen LogP contribution in [0.5, 0.6) is 0 Å². The van der Waals surface area contributed by atoms with Crippen LogP contribution < -0.4 is 4.80 Å². The Kier molecular flexibility index (Phi) is 3.72. The maximum atomic E-state index is 5.07. The van der Waals surface area contributed by atoms with E-state index in [2.05, 4.69) is 4.99 Å². The molecule has 0 aliphatic heterocycles. The lowest BCUT2D eigenvalue weighted by atomic mass is 10.9. The maximum Gasteiger partial charge on any atom is 0.203 e. The monoisotopic (exact) mass is 251 g/mol. The third-order valence-electron chi connectivity index (χ3n) is 1.32. The summed E-state index contributed by atoms with van der Waals surface area (Å²) in [4.78, 5) is 6.91. The van der Waals surface area contributed by atoms with Gasteiger partial charge < -0.3 is 9.47 Å². The van der Waals surface area contributed by atoms with Crippen LogP contribution in [0.3, 0.4) is 0 Å². The summed E-state index contributed by atoms with van der Waals surface area (Å²) in [5.41, 5.74) is 0. The van der Waals surface area contributed by atoms with E-state index in [1.54, 1.807) is 15.2 Å². The summed E-state index contributed by atoms with van der Waals surface area (Å²) in [5.74, 6) is 0. The zero-order valence-electron chi connectivity index (χ0n) is 7.47. The SMILES string of the molecule is CN(C)C(=S)/N=c1\ssc(=S)n1C. The molecule has 1 heterocycles. The van der Waals surface area contributed by atoms with Gasteiger partial charge in [0.25, 0.3) is 0 Å². The van der Waals surface area contributed by atoms with Crippen molar-refractivity contribution in [3.05, 3.63) is 8.76 Å². The zero-order valence-corrected chi connectivity index (χ0v) is 10.7. The van der Waals surface area contributed by atoms with E-state index < -0.39 is 0 Å². The molecule has 13 heavy (non-hydrogen) atoms. The topological polar surface area (TPSA) is 20.5 Å². The van der Waals surface area contributed by atoms with Crippen LogP contribution in [0.2, 0.25) is 0 Å². The van der Waals surface area contributed by atoms with E-state index in [9.17, 15) is 0 Å². The first-order chi connectivity index (χ1) is 6.02. The minimum atomic E-state index is 0.569. The number of thiocarbonyl (C=S) groups is 1. The summed E-state index contributed by atoms with van der Waals surface area (Å²) < 4.78 is 2.69. The Morgan fingerprint density at radius 1 is 1.46 bits per heavy atom. The van der Waals surface area contributed by atoms with Crippen molar-refractivity contribution in [2.75, 3.05) is 14.1 Å². The second kappa shape index (κ2) is 4.41. The zero-order chi connectivity index (χ0) is 10.0. The van der Waals surface area contributed by atoms with Crippen molar-refractivity contribution in [3.8, 4) is 0 Å². The first-order valence-corrected chi connectivity index (χ1v) is 6.41. The van der Waals surface area contributed by atoms with Crippen LogP contribution in [-0.4, -0.2) is 28.7 Å². The molecular weight excluding hydrogens is 242 g/mol. The fraction of sp³-hybridized carbons (Fsp3) is 0.500. The largest absolute Gasteiger partial charge is 0.353 e. The molecule has 0 aliphatic carbocycles. The second-order valence-electron chi connectivity index (χ2n) is 2.56. The number of hydrogen-bond donors (Lipinski definition) is 0. The minimum Gasteiger partial charge on any atom is -0.353 e. The van der Waals surface area contributed by atoms with E-state index in [0.717, 1.165) is 8.76 Å². The van der Waals surface area contributed by atoms with Gasteiger partial charge >= 0.3 is 0 Å². The molecule has 0 spiro atoms. The van der Waals surface area contributed by atoms with Crippen molar-refractivity contribution in [3.63, 3.8) is 0 Å². The average Bonchev–Trinajstić information content (AvgIpc) is 2.36. The van der Waals surface area contributed by atoms with Gasteiger partial charge in [0, 0.05) is 21.1 Å². The molecule has 1 aromatic rings. The molecule has 7 heteroatoms. The van der Waals surface area contributed by atoms with E-state index in [0.29, 0.717) is 5.11 Å². The summed E-state index contributed by atoms with van der Waals surface area (Å²) in [5, 5.41) is 0.569. The number of rotatable bonds is 0. The third kappa shape index (κ3) is 2.67. The average molecular weight is 251 g/mol. The molecular formula is C6H9N3S4. The Morgan fingerprint density at radius 2 is 2.08 bits per heavy atom. The molecule has 1 rings (SSSR count). The van der Waals surface area contributed by atoms with Gasteiger partial charge in [-0.3, -0.25) is 0 Å². The van der Waals surface area contributed by atoms with Crippen LogP contribution in [0.1, 0.15) is 0 Å². The smallest absolute Gasteiger partial charge is 0.203 e. The summed E-state index contributed by atoms with van der Waals surface area (Å²) in [6.45, 7) is 0. The van der Waals surface area contributed by atoms with Crippen LogP contribution in [-0.2, 0) is 7.05 Å². The van der Waals surface area contributed by atoms with Crippen LogP contribution in [0.4, 0.5) is 0 Å². The van der Waals surface area contributed by atoms with Crippen LogP contribution >= 0.6 is 45.1 Å². The highest BCUT2D eigenvalue weighted by molar-refractivity contribution is 7.80. The predicted octanol–water partition coefficient (Wildman–Crippen LogP) is 1.62. The molecule has 0 saturated carbocycles. The Bertz CT molecular complexity index is 422. The second-order valence-corrected chi connectivity index (χ2v) is 5.66. The highest BCUT2D eigenvalue weighted by Crippen LogP contribution is 2.02. The van der Waals surface area contributed by atoms with Gasteiger partial charge in [-0.2, -0.15) is 4.99 Å². The van der Waals surface area contributed by atoms with Gasteiger partial charge in [0.05, 0.1) is 0 Å². The Hall–Kier alpha value is -0.110. The molecule has 0 unspecified atom stereocenters. The van der Waals surface area contributed by atoms with Crippen molar-refractivity contribution in [1.82, 2.24) is 9.47 Å². The van der Waals surface area contributed by atoms with Gasteiger partial charge in [0.1, 0.15) is 0 Å². The first kappa shape index (κ1) is 11.0. The Labute approximate surface area is 94.4 Å². The Balaban J connectivity index is 3.15. The standard InChI is InChI=1S/C6H9N3S4/c1-8(2)4(10)7-5-9(3)6(11)13-12-5/h1-3H3/b7-5-. The van der Waals surface area contributed by atoms with E-state index >= 15 is 0 Å². The lowest BCUT2D eigenvalue weighted by Gasteiger charge is -2.06. The first-order valence-electron chi connectivity index (χ1n) is 3.44. The third-order valence-corrected chi connectivity index (χ3v) is 4.80. The van der Waals surface area contributed by atoms with Gasteiger partial charge in [0.2, 0.25) is 4.80 Å². The van der Waals surface area contributed by atoms with E-state index in [-0.39, 0.29) is 0 Å². The van der Waals surface area contributed by atoms with E-state index in [4.69, 9.17) is 24.4 Å². The summed E-state index contributed by atoms with van der Waals surface area (Å²) in [6.07, 6.45) is 0. The number of hydrogen-bond acceptors (Lipinski definition) is 4. The maximum absolute atomic E-state index is 5.07. The van der Waals surface area contributed by atoms with Gasteiger partial charge in [0.15, 0.2) is 9.07 Å². The van der Waals surface area contributed by atoms with Gasteiger partial charge in [-0.15, -0.1) is 0 Å². The fourth-order valence-corrected chi connectivity index (χ4v) is 3.08. The summed E-state index contributed by atoms with van der Waals surface area (Å²) >= 11 is 10.1. The minimum absolute atomic E-state index is 0.569. The normalized spacial score (nSPS) is 11.8. The molecule has 0 aliphatic rings. The molecule has 0 saturated heterocycles. The van der Waals surface area contributed by atoms with E-state index in [1.165, 1.54) is 10.3 Å². The fourth-order valence-electron chi connectivity index (χ4n) is 0.538. The van der Waals surface area contributed by atoms with Crippen molar-refractivity contribution in [2.45, 2.75) is 0 Å². The van der Waals surface area contributed by atoms with Gasteiger partial charge in [-0.1, -0.05) is 0 Å². The van der Waals surface area contributed by atoms with Crippen LogP contribution in [0.15, 0.2) is 4.99 Å². The highest BCUT2D eigenvalue weighted by Gasteiger charge is 1.97. The molecule has 0 fully saturated rings. The van der Waals surface area contributed by atoms with Crippen molar-refractivity contribution >= 4 is 50.2 Å². The molecule has 0 aromatic carbocycles. The van der Waals surface area contributed by atoms with Gasteiger partial charge in [-0.25, -0.2) is 0 Å². The molecule has 0 amide bonds. The molecule has 0 radical (unpaired) electrons. The van der Waals surface area contributed by atoms with Gasteiger partial charge in [-0.05, 0) is 45.1 Å². The highest BCUT2D eigenvalue weighted by atomic mass is 32.9. The number of nitrogens with zero attached hydrogens (tertiary/aromatic N) is 3. The molecule has 0 bridgehead atoms. The lowest BCUT2D eigenvalue weighted by Crippen LogP contribution is -2.22. The van der Waals surface area contributed by atoms with Crippen molar-refractivity contribution < 1.29 is 0 Å². The molecule has 3 nitrogen and oxygen atoms in total. The van der Waals surface area contributed by atoms with Crippen LogP contribution in [0.25, 0.3) is 0 Å². The molecule has 1 aromatic heterocycles. The van der Waals surface area contributed by atoms with Crippen molar-refractivity contribution in [1.29, 1.82) is 0 Å².